The van der Waals surface area contributed by atoms with E-state index in [4.69, 9.17) is 4.74 Å². The number of urea groups is 1. The van der Waals surface area contributed by atoms with Crippen molar-refractivity contribution in [2.45, 2.75) is 33.4 Å². The fraction of sp³-hybridized carbons (Fsp3) is 0.333. The van der Waals surface area contributed by atoms with E-state index in [1.54, 1.807) is 6.92 Å². The topological polar surface area (TPSA) is 105 Å². The lowest BCUT2D eigenvalue weighted by molar-refractivity contribution is -0.118. The first-order valence-electron chi connectivity index (χ1n) is 8.57. The number of nitrogens with one attached hydrogen (secondary N) is 3. The lowest BCUT2D eigenvalue weighted by atomic mass is 9.94. The van der Waals surface area contributed by atoms with Crippen LogP contribution >= 0.6 is 11.5 Å². The van der Waals surface area contributed by atoms with Gasteiger partial charge >= 0.3 is 6.03 Å². The largest absolute Gasteiger partial charge is 0.494 e. The van der Waals surface area contributed by atoms with Crippen LogP contribution in [0.15, 0.2) is 35.5 Å². The lowest BCUT2D eigenvalue weighted by Crippen LogP contribution is -2.47. The Morgan fingerprint density at radius 3 is 2.81 bits per heavy atom. The summed E-state index contributed by atoms with van der Waals surface area (Å²) < 4.78 is 9.56. The molecule has 1 aliphatic heterocycles. The first-order valence-corrected chi connectivity index (χ1v) is 9.34. The lowest BCUT2D eigenvalue weighted by Gasteiger charge is -2.29. The Morgan fingerprint density at radius 2 is 2.11 bits per heavy atom. The molecule has 1 aromatic carbocycles. The summed E-state index contributed by atoms with van der Waals surface area (Å²) in [6, 6.07) is 6.41. The van der Waals surface area contributed by atoms with Gasteiger partial charge in [-0.15, -0.1) is 5.10 Å². The van der Waals surface area contributed by atoms with Gasteiger partial charge in [0.15, 0.2) is 0 Å². The molecule has 142 valence electrons. The van der Waals surface area contributed by atoms with Crippen molar-refractivity contribution in [2.75, 3.05) is 6.61 Å². The molecule has 2 heterocycles. The van der Waals surface area contributed by atoms with Gasteiger partial charge in [-0.2, -0.15) is 0 Å². The number of nitrogens with zero attached hydrogens (tertiary/aromatic N) is 2. The maximum Gasteiger partial charge on any atom is 0.319 e. The van der Waals surface area contributed by atoms with Crippen LogP contribution < -0.4 is 20.7 Å². The van der Waals surface area contributed by atoms with Gasteiger partial charge in [-0.1, -0.05) is 22.7 Å². The number of aryl methyl sites for hydroxylation is 1. The molecule has 27 heavy (non-hydrogen) atoms. The van der Waals surface area contributed by atoms with Crippen molar-refractivity contribution >= 4 is 23.5 Å². The molecule has 1 aromatic heterocycles. The Bertz CT molecular complexity index is 893. The van der Waals surface area contributed by atoms with Crippen molar-refractivity contribution in [1.29, 1.82) is 0 Å². The summed E-state index contributed by atoms with van der Waals surface area (Å²) in [6.07, 6.45) is 0. The van der Waals surface area contributed by atoms with E-state index in [-0.39, 0.29) is 11.9 Å². The number of ether oxygens (including phenoxy) is 1. The average Bonchev–Trinajstić information content (AvgIpc) is 3.05. The van der Waals surface area contributed by atoms with E-state index in [0.717, 1.165) is 16.1 Å². The standard InChI is InChI=1S/C18H21N5O3S/c1-4-26-13-8-6-5-7-12(13)16-15(11(3)20-18(25)21-16)17(24)19-9-14-10(2)22-23-27-14/h5-8,16H,4,9H2,1-3H3,(H,19,24)(H2,20,21,25). The minimum absolute atomic E-state index is 0.274. The van der Waals surface area contributed by atoms with Gasteiger partial charge in [-0.05, 0) is 38.4 Å². The van der Waals surface area contributed by atoms with Crippen molar-refractivity contribution in [3.63, 3.8) is 0 Å². The third-order valence-electron chi connectivity index (χ3n) is 4.20. The first-order chi connectivity index (χ1) is 13.0. The quantitative estimate of drug-likeness (QED) is 0.705. The molecule has 3 rings (SSSR count). The van der Waals surface area contributed by atoms with Gasteiger partial charge in [0.1, 0.15) is 5.75 Å². The van der Waals surface area contributed by atoms with Crippen LogP contribution in [0, 0.1) is 6.92 Å². The summed E-state index contributed by atoms with van der Waals surface area (Å²) in [5, 5.41) is 12.3. The van der Waals surface area contributed by atoms with E-state index < -0.39 is 6.04 Å². The van der Waals surface area contributed by atoms with Crippen LogP contribution in [0.25, 0.3) is 0 Å². The third-order valence-corrected chi connectivity index (χ3v) is 5.02. The summed E-state index contributed by atoms with van der Waals surface area (Å²) in [5.41, 5.74) is 2.47. The SMILES string of the molecule is CCOc1ccccc1C1NC(=O)NC(C)=C1C(=O)NCc1snnc1C. The highest BCUT2D eigenvalue weighted by Gasteiger charge is 2.32. The molecule has 0 saturated heterocycles. The molecule has 1 atom stereocenters. The fourth-order valence-corrected chi connectivity index (χ4v) is 3.47. The van der Waals surface area contributed by atoms with E-state index in [1.165, 1.54) is 11.5 Å². The van der Waals surface area contributed by atoms with E-state index >= 15 is 0 Å². The Kier molecular flexibility index (Phi) is 5.70. The number of carbonyl (C=O) groups is 2. The second-order valence-corrected chi connectivity index (χ2v) is 6.84. The van der Waals surface area contributed by atoms with E-state index in [0.29, 0.717) is 30.2 Å². The minimum Gasteiger partial charge on any atom is -0.494 e. The van der Waals surface area contributed by atoms with Gasteiger partial charge in [-0.3, -0.25) is 4.79 Å². The Labute approximate surface area is 161 Å². The highest BCUT2D eigenvalue weighted by molar-refractivity contribution is 7.05. The Balaban J connectivity index is 1.90. The maximum absolute atomic E-state index is 12.9. The third kappa shape index (κ3) is 4.08. The molecule has 0 fully saturated rings. The molecule has 3 N–H and O–H groups in total. The highest BCUT2D eigenvalue weighted by Crippen LogP contribution is 2.33. The highest BCUT2D eigenvalue weighted by atomic mass is 32.1. The molecule has 1 unspecified atom stereocenters. The average molecular weight is 387 g/mol. The smallest absolute Gasteiger partial charge is 0.319 e. The molecule has 9 heteroatoms. The van der Waals surface area contributed by atoms with Gasteiger partial charge in [0, 0.05) is 11.3 Å². The number of amides is 3. The summed E-state index contributed by atoms with van der Waals surface area (Å²) in [6.45, 7) is 6.26. The molecule has 3 amide bonds. The predicted molar refractivity (Wildman–Crippen MR) is 101 cm³/mol. The van der Waals surface area contributed by atoms with E-state index in [1.807, 2.05) is 38.1 Å². The van der Waals surface area contributed by atoms with Gasteiger partial charge < -0.3 is 20.7 Å². The summed E-state index contributed by atoms with van der Waals surface area (Å²) in [5.74, 6) is 0.358. The monoisotopic (exact) mass is 387 g/mol. The number of allylic oxidation sites excluding steroid dienone is 1. The normalized spacial score (nSPS) is 16.6. The molecule has 0 spiro atoms. The van der Waals surface area contributed by atoms with Crippen LogP contribution in [0.1, 0.15) is 36.0 Å². The van der Waals surface area contributed by atoms with Crippen LogP contribution in [0.2, 0.25) is 0 Å². The zero-order valence-electron chi connectivity index (χ0n) is 15.3. The molecule has 8 nitrogen and oxygen atoms in total. The summed E-state index contributed by atoms with van der Waals surface area (Å²) in [4.78, 5) is 25.9. The van der Waals surface area contributed by atoms with Crippen molar-refractivity contribution in [2.24, 2.45) is 0 Å². The van der Waals surface area contributed by atoms with Crippen molar-refractivity contribution < 1.29 is 14.3 Å². The van der Waals surface area contributed by atoms with Gasteiger partial charge in [-0.25, -0.2) is 4.79 Å². The number of rotatable bonds is 6. The number of hydrogen-bond donors (Lipinski definition) is 3. The fourth-order valence-electron chi connectivity index (χ4n) is 2.90. The second kappa shape index (κ2) is 8.17. The second-order valence-electron chi connectivity index (χ2n) is 6.01. The van der Waals surface area contributed by atoms with Crippen molar-refractivity contribution in [3.05, 3.63) is 51.7 Å². The molecule has 0 radical (unpaired) electrons. The number of hydrogen-bond acceptors (Lipinski definition) is 6. The zero-order valence-corrected chi connectivity index (χ0v) is 16.1. The number of benzene rings is 1. The molecule has 1 aliphatic rings. The van der Waals surface area contributed by atoms with Crippen LogP contribution in [0.4, 0.5) is 4.79 Å². The minimum atomic E-state index is -0.609. The molecule has 0 aliphatic carbocycles. The zero-order chi connectivity index (χ0) is 19.4. The number of carbonyl (C=O) groups excluding carboxylic acids is 2. The molecular weight excluding hydrogens is 366 g/mol. The van der Waals surface area contributed by atoms with Gasteiger partial charge in [0.2, 0.25) is 0 Å². The molecule has 0 saturated carbocycles. The van der Waals surface area contributed by atoms with Crippen molar-refractivity contribution in [1.82, 2.24) is 25.5 Å². The first kappa shape index (κ1) is 18.8. The molecule has 0 bridgehead atoms. The van der Waals surface area contributed by atoms with Crippen molar-refractivity contribution in [3.8, 4) is 5.75 Å². The maximum atomic E-state index is 12.9. The Hall–Kier alpha value is -2.94. The number of aromatic nitrogens is 2. The van der Waals surface area contributed by atoms with Gasteiger partial charge in [0.05, 0.1) is 35.3 Å². The van der Waals surface area contributed by atoms with E-state index in [2.05, 4.69) is 25.5 Å². The summed E-state index contributed by atoms with van der Waals surface area (Å²) >= 11 is 1.25. The van der Waals surface area contributed by atoms with E-state index in [9.17, 15) is 9.59 Å². The summed E-state index contributed by atoms with van der Waals surface area (Å²) in [7, 11) is 0. The molecule has 2 aromatic rings. The number of para-hydroxylation sites is 1. The molecular formula is C18H21N5O3S. The predicted octanol–water partition coefficient (Wildman–Crippen LogP) is 2.19. The van der Waals surface area contributed by atoms with Crippen LogP contribution in [0.5, 0.6) is 5.75 Å². The van der Waals surface area contributed by atoms with Crippen LogP contribution in [-0.2, 0) is 11.3 Å². The van der Waals surface area contributed by atoms with Crippen LogP contribution in [0.3, 0.4) is 0 Å². The van der Waals surface area contributed by atoms with Crippen LogP contribution in [-0.4, -0.2) is 28.1 Å². The Morgan fingerprint density at radius 1 is 1.33 bits per heavy atom. The van der Waals surface area contributed by atoms with Gasteiger partial charge in [0.25, 0.3) is 5.91 Å².